The van der Waals surface area contributed by atoms with E-state index in [-0.39, 0.29) is 0 Å². The highest BCUT2D eigenvalue weighted by Crippen LogP contribution is 2.51. The predicted octanol–water partition coefficient (Wildman–Crippen LogP) is 3.59. The minimum Gasteiger partial charge on any atom is -0.313 e. The predicted molar refractivity (Wildman–Crippen MR) is 65.9 cm³/mol. The van der Waals surface area contributed by atoms with Crippen LogP contribution >= 0.6 is 0 Å². The summed E-state index contributed by atoms with van der Waals surface area (Å²) in [6.07, 6.45) is 7.07. The van der Waals surface area contributed by atoms with Crippen molar-refractivity contribution in [3.05, 3.63) is 0 Å². The van der Waals surface area contributed by atoms with Gasteiger partial charge in [0.2, 0.25) is 0 Å². The summed E-state index contributed by atoms with van der Waals surface area (Å²) in [6.45, 7) is 10.9. The molecule has 0 aromatic rings. The van der Waals surface area contributed by atoms with E-state index in [4.69, 9.17) is 0 Å². The second-order valence-electron chi connectivity index (χ2n) is 7.08. The van der Waals surface area contributed by atoms with E-state index in [0.717, 1.165) is 12.0 Å². The van der Waals surface area contributed by atoms with Gasteiger partial charge in [-0.1, -0.05) is 40.5 Å². The van der Waals surface area contributed by atoms with Gasteiger partial charge in [-0.05, 0) is 42.6 Å². The second-order valence-corrected chi connectivity index (χ2v) is 7.08. The molecule has 2 aliphatic carbocycles. The van der Waals surface area contributed by atoms with Crippen LogP contribution in [-0.4, -0.2) is 12.6 Å². The molecule has 88 valence electrons. The second kappa shape index (κ2) is 3.76. The molecule has 1 nitrogen and oxygen atoms in total. The SMILES string of the molecule is CC1(C)CC1CNC1CCCCC1(C)C. The van der Waals surface area contributed by atoms with Crippen LogP contribution in [0.1, 0.15) is 59.8 Å². The number of hydrogen-bond donors (Lipinski definition) is 1. The first kappa shape index (κ1) is 11.4. The molecule has 0 aliphatic heterocycles. The molecular formula is C14H27N. The third-order valence-corrected chi connectivity index (χ3v) is 4.84. The normalized spacial score (nSPS) is 37.6. The summed E-state index contributed by atoms with van der Waals surface area (Å²) < 4.78 is 0. The van der Waals surface area contributed by atoms with Crippen molar-refractivity contribution >= 4 is 0 Å². The lowest BCUT2D eigenvalue weighted by Gasteiger charge is -2.39. The summed E-state index contributed by atoms with van der Waals surface area (Å²) in [5.74, 6) is 0.940. The highest BCUT2D eigenvalue weighted by Gasteiger charge is 2.45. The third-order valence-electron chi connectivity index (χ3n) is 4.84. The van der Waals surface area contributed by atoms with E-state index in [2.05, 4.69) is 33.0 Å². The molecule has 2 saturated carbocycles. The van der Waals surface area contributed by atoms with Gasteiger partial charge in [0.05, 0.1) is 0 Å². The standard InChI is InChI=1S/C14H27N/c1-13(2)8-6-5-7-12(13)15-10-11-9-14(11,3)4/h11-12,15H,5-10H2,1-4H3. The molecule has 2 atom stereocenters. The van der Waals surface area contributed by atoms with Crippen molar-refractivity contribution < 1.29 is 0 Å². The summed E-state index contributed by atoms with van der Waals surface area (Å²) in [7, 11) is 0. The van der Waals surface area contributed by atoms with Crippen LogP contribution in [0.5, 0.6) is 0 Å². The van der Waals surface area contributed by atoms with Gasteiger partial charge in [-0.25, -0.2) is 0 Å². The highest BCUT2D eigenvalue weighted by atomic mass is 14.9. The van der Waals surface area contributed by atoms with E-state index in [9.17, 15) is 0 Å². The van der Waals surface area contributed by atoms with Crippen LogP contribution in [0.15, 0.2) is 0 Å². The summed E-state index contributed by atoms with van der Waals surface area (Å²) in [5, 5.41) is 3.83. The Bertz CT molecular complexity index is 229. The smallest absolute Gasteiger partial charge is 0.0118 e. The van der Waals surface area contributed by atoms with Crippen LogP contribution in [0.3, 0.4) is 0 Å². The Morgan fingerprint density at radius 2 is 1.73 bits per heavy atom. The monoisotopic (exact) mass is 209 g/mol. The zero-order chi connectivity index (χ0) is 11.1. The average molecular weight is 209 g/mol. The molecule has 2 aliphatic rings. The van der Waals surface area contributed by atoms with Gasteiger partial charge in [-0.15, -0.1) is 0 Å². The molecule has 0 radical (unpaired) electrons. The first-order chi connectivity index (χ1) is 6.92. The van der Waals surface area contributed by atoms with Gasteiger partial charge in [-0.2, -0.15) is 0 Å². The maximum absolute atomic E-state index is 3.83. The van der Waals surface area contributed by atoms with Gasteiger partial charge in [0.25, 0.3) is 0 Å². The van der Waals surface area contributed by atoms with Gasteiger partial charge >= 0.3 is 0 Å². The maximum Gasteiger partial charge on any atom is 0.0118 e. The molecule has 0 spiro atoms. The van der Waals surface area contributed by atoms with Crippen LogP contribution in [0.25, 0.3) is 0 Å². The van der Waals surface area contributed by atoms with Crippen LogP contribution < -0.4 is 5.32 Å². The third kappa shape index (κ3) is 2.55. The Kier molecular flexibility index (Phi) is 2.87. The molecule has 0 aromatic carbocycles. The Balaban J connectivity index is 1.78. The maximum atomic E-state index is 3.83. The number of nitrogens with one attached hydrogen (secondary N) is 1. The molecule has 0 heterocycles. The number of rotatable bonds is 3. The summed E-state index contributed by atoms with van der Waals surface area (Å²) in [6, 6.07) is 0.766. The molecule has 2 unspecified atom stereocenters. The largest absolute Gasteiger partial charge is 0.313 e. The number of hydrogen-bond acceptors (Lipinski definition) is 1. The van der Waals surface area contributed by atoms with Crippen molar-refractivity contribution in [2.24, 2.45) is 16.7 Å². The molecule has 1 heteroatoms. The minimum atomic E-state index is 0.525. The first-order valence-corrected chi connectivity index (χ1v) is 6.65. The Morgan fingerprint density at radius 3 is 2.27 bits per heavy atom. The van der Waals surface area contributed by atoms with Crippen molar-refractivity contribution in [1.82, 2.24) is 5.32 Å². The zero-order valence-electron chi connectivity index (χ0n) is 10.9. The quantitative estimate of drug-likeness (QED) is 0.749. The lowest BCUT2D eigenvalue weighted by Crippen LogP contribution is -2.45. The lowest BCUT2D eigenvalue weighted by atomic mass is 9.73. The van der Waals surface area contributed by atoms with Crippen LogP contribution in [0, 0.1) is 16.7 Å². The molecule has 0 bridgehead atoms. The van der Waals surface area contributed by atoms with Crippen molar-refractivity contribution in [2.75, 3.05) is 6.54 Å². The Labute approximate surface area is 95.0 Å². The molecule has 15 heavy (non-hydrogen) atoms. The Morgan fingerprint density at radius 1 is 1.07 bits per heavy atom. The van der Waals surface area contributed by atoms with E-state index >= 15 is 0 Å². The molecule has 0 saturated heterocycles. The fraction of sp³-hybridized carbons (Fsp3) is 1.00. The highest BCUT2D eigenvalue weighted by molar-refractivity contribution is 4.98. The van der Waals surface area contributed by atoms with Gasteiger partial charge < -0.3 is 5.32 Å². The van der Waals surface area contributed by atoms with E-state index in [0.29, 0.717) is 10.8 Å². The zero-order valence-corrected chi connectivity index (χ0v) is 10.9. The van der Waals surface area contributed by atoms with Gasteiger partial charge in [0.15, 0.2) is 0 Å². The van der Waals surface area contributed by atoms with E-state index in [1.54, 1.807) is 0 Å². The van der Waals surface area contributed by atoms with E-state index in [1.807, 2.05) is 0 Å². The molecular weight excluding hydrogens is 182 g/mol. The Hall–Kier alpha value is -0.0400. The van der Waals surface area contributed by atoms with Crippen molar-refractivity contribution in [3.8, 4) is 0 Å². The van der Waals surface area contributed by atoms with Gasteiger partial charge in [0.1, 0.15) is 0 Å². The molecule has 0 amide bonds. The fourth-order valence-corrected chi connectivity index (χ4v) is 3.08. The van der Waals surface area contributed by atoms with Crippen LogP contribution in [0.2, 0.25) is 0 Å². The van der Waals surface area contributed by atoms with Crippen molar-refractivity contribution in [3.63, 3.8) is 0 Å². The van der Waals surface area contributed by atoms with Crippen LogP contribution in [-0.2, 0) is 0 Å². The summed E-state index contributed by atoms with van der Waals surface area (Å²) in [4.78, 5) is 0. The van der Waals surface area contributed by atoms with E-state index in [1.165, 1.54) is 38.6 Å². The lowest BCUT2D eigenvalue weighted by molar-refractivity contribution is 0.165. The molecule has 0 aromatic heterocycles. The van der Waals surface area contributed by atoms with Crippen molar-refractivity contribution in [2.45, 2.75) is 65.8 Å². The summed E-state index contributed by atoms with van der Waals surface area (Å²) in [5.41, 5.74) is 1.16. The van der Waals surface area contributed by atoms with Gasteiger partial charge in [-0.3, -0.25) is 0 Å². The van der Waals surface area contributed by atoms with Gasteiger partial charge in [0, 0.05) is 6.04 Å². The first-order valence-electron chi connectivity index (χ1n) is 6.65. The average Bonchev–Trinajstić information content (AvgIpc) is 2.71. The fourth-order valence-electron chi connectivity index (χ4n) is 3.08. The van der Waals surface area contributed by atoms with Crippen LogP contribution in [0.4, 0.5) is 0 Å². The van der Waals surface area contributed by atoms with E-state index < -0.39 is 0 Å². The topological polar surface area (TPSA) is 12.0 Å². The molecule has 2 fully saturated rings. The molecule has 1 N–H and O–H groups in total. The van der Waals surface area contributed by atoms with Crippen molar-refractivity contribution in [1.29, 1.82) is 0 Å². The summed E-state index contributed by atoms with van der Waals surface area (Å²) >= 11 is 0. The molecule has 2 rings (SSSR count). The minimum absolute atomic E-state index is 0.525.